The number of hydrogen-bond donors (Lipinski definition) is 0. The molecule has 2 aromatic heterocycles. The highest BCUT2D eigenvalue weighted by Crippen LogP contribution is 2.32. The number of esters is 1. The van der Waals surface area contributed by atoms with Crippen molar-refractivity contribution in [1.82, 2.24) is 9.97 Å². The zero-order chi connectivity index (χ0) is 13.1. The van der Waals surface area contributed by atoms with Crippen molar-refractivity contribution in [2.75, 3.05) is 0 Å². The van der Waals surface area contributed by atoms with Crippen LogP contribution in [0.25, 0.3) is 10.2 Å². The van der Waals surface area contributed by atoms with Crippen LogP contribution in [0.5, 0.6) is 5.06 Å². The molecule has 0 aromatic carbocycles. The molecule has 0 aliphatic rings. The van der Waals surface area contributed by atoms with Gasteiger partial charge < -0.3 is 9.29 Å². The molecule has 2 heterocycles. The van der Waals surface area contributed by atoms with Crippen LogP contribution in [0.3, 0.4) is 0 Å². The molecule has 2 aromatic rings. The summed E-state index contributed by atoms with van der Waals surface area (Å²) < 4.78 is 26.9. The van der Waals surface area contributed by atoms with Gasteiger partial charge in [0, 0.05) is 12.1 Å². The lowest BCUT2D eigenvalue weighted by Gasteiger charge is -2.03. The topological polar surface area (TPSA) is 92.2 Å². The highest BCUT2D eigenvalue weighted by Gasteiger charge is 2.11. The Morgan fingerprint density at radius 3 is 3.06 bits per heavy atom. The van der Waals surface area contributed by atoms with Gasteiger partial charge in [0.25, 0.3) is 0 Å². The molecule has 0 bridgehead atoms. The van der Waals surface area contributed by atoms with E-state index < -0.39 is 17.0 Å². The molecule has 8 heteroatoms. The summed E-state index contributed by atoms with van der Waals surface area (Å²) in [5.74, 6) is -0.780. The van der Waals surface area contributed by atoms with E-state index in [0.29, 0.717) is 21.0 Å². The SMILES string of the molecule is C=CC(=O)Oc1cc2ncnc(CS(=O)[O-])c2s1. The average Bonchev–Trinajstić information content (AvgIpc) is 2.71. The van der Waals surface area contributed by atoms with E-state index in [1.54, 1.807) is 6.07 Å². The first kappa shape index (κ1) is 12.8. The molecule has 0 N–H and O–H groups in total. The Kier molecular flexibility index (Phi) is 3.80. The van der Waals surface area contributed by atoms with E-state index >= 15 is 0 Å². The minimum absolute atomic E-state index is 0.200. The first-order valence-electron chi connectivity index (χ1n) is 4.73. The third-order valence-electron chi connectivity index (χ3n) is 1.98. The van der Waals surface area contributed by atoms with Crippen LogP contribution in [-0.4, -0.2) is 24.7 Å². The molecule has 18 heavy (non-hydrogen) atoms. The minimum atomic E-state index is -2.23. The lowest BCUT2D eigenvalue weighted by Crippen LogP contribution is -2.00. The second-order valence-corrected chi connectivity index (χ2v) is 5.08. The molecule has 1 unspecified atom stereocenters. The number of rotatable bonds is 4. The van der Waals surface area contributed by atoms with Gasteiger partial charge in [0.15, 0.2) is 5.06 Å². The Bertz CT molecular complexity index is 638. The molecular weight excluding hydrogens is 276 g/mol. The van der Waals surface area contributed by atoms with Gasteiger partial charge in [-0.1, -0.05) is 17.9 Å². The predicted octanol–water partition coefficient (Wildman–Crippen LogP) is 1.16. The van der Waals surface area contributed by atoms with E-state index in [-0.39, 0.29) is 5.75 Å². The lowest BCUT2D eigenvalue weighted by atomic mass is 10.4. The number of aromatic nitrogens is 2. The third kappa shape index (κ3) is 2.78. The van der Waals surface area contributed by atoms with Crippen LogP contribution < -0.4 is 4.74 Å². The van der Waals surface area contributed by atoms with Gasteiger partial charge >= 0.3 is 5.97 Å². The molecular formula is C10H7N2O4S2-. The monoisotopic (exact) mass is 283 g/mol. The van der Waals surface area contributed by atoms with Gasteiger partial charge in [-0.2, -0.15) is 0 Å². The summed E-state index contributed by atoms with van der Waals surface area (Å²) in [7, 11) is 0. The van der Waals surface area contributed by atoms with E-state index in [2.05, 4.69) is 16.5 Å². The Hall–Kier alpha value is -1.64. The van der Waals surface area contributed by atoms with Crippen LogP contribution >= 0.6 is 11.3 Å². The fraction of sp³-hybridized carbons (Fsp3) is 0.100. The van der Waals surface area contributed by atoms with Crippen LogP contribution in [0.15, 0.2) is 25.0 Å². The van der Waals surface area contributed by atoms with E-state index in [1.807, 2.05) is 0 Å². The van der Waals surface area contributed by atoms with Crippen molar-refractivity contribution in [3.8, 4) is 5.06 Å². The fourth-order valence-electron chi connectivity index (χ4n) is 1.29. The molecule has 0 amide bonds. The van der Waals surface area contributed by atoms with Gasteiger partial charge in [-0.05, 0) is 11.1 Å². The molecule has 1 atom stereocenters. The van der Waals surface area contributed by atoms with Gasteiger partial charge in [0.1, 0.15) is 6.33 Å². The van der Waals surface area contributed by atoms with Crippen molar-refractivity contribution >= 4 is 38.6 Å². The summed E-state index contributed by atoms with van der Waals surface area (Å²) in [4.78, 5) is 18.9. The van der Waals surface area contributed by atoms with Gasteiger partial charge in [0.05, 0.1) is 21.7 Å². The van der Waals surface area contributed by atoms with Crippen molar-refractivity contribution in [3.63, 3.8) is 0 Å². The maximum atomic E-state index is 11.1. The first-order chi connectivity index (χ1) is 8.60. The van der Waals surface area contributed by atoms with Crippen molar-refractivity contribution in [2.45, 2.75) is 5.75 Å². The zero-order valence-electron chi connectivity index (χ0n) is 8.99. The third-order valence-corrected chi connectivity index (χ3v) is 3.55. The van der Waals surface area contributed by atoms with Crippen LogP contribution in [0.2, 0.25) is 0 Å². The van der Waals surface area contributed by atoms with Crippen molar-refractivity contribution in [2.24, 2.45) is 0 Å². The molecule has 0 saturated carbocycles. The molecule has 0 aliphatic heterocycles. The second-order valence-electron chi connectivity index (χ2n) is 3.17. The Morgan fingerprint density at radius 1 is 1.61 bits per heavy atom. The Labute approximate surface area is 109 Å². The number of ether oxygens (including phenoxy) is 1. The van der Waals surface area contributed by atoms with Crippen LogP contribution in [0.1, 0.15) is 5.69 Å². The fourth-order valence-corrected chi connectivity index (χ4v) is 2.78. The number of carbonyl (C=O) groups excluding carboxylic acids is 1. The summed E-state index contributed by atoms with van der Waals surface area (Å²) in [6, 6.07) is 1.56. The molecule has 0 aliphatic carbocycles. The predicted molar refractivity (Wildman–Crippen MR) is 65.9 cm³/mol. The van der Waals surface area contributed by atoms with Crippen molar-refractivity contribution < 1.29 is 18.3 Å². The summed E-state index contributed by atoms with van der Waals surface area (Å²) in [6.07, 6.45) is 2.32. The van der Waals surface area contributed by atoms with E-state index in [4.69, 9.17) is 4.74 Å². The molecule has 2 rings (SSSR count). The molecule has 0 radical (unpaired) electrons. The van der Waals surface area contributed by atoms with E-state index in [0.717, 1.165) is 17.4 Å². The van der Waals surface area contributed by atoms with Crippen molar-refractivity contribution in [3.05, 3.63) is 30.7 Å². The molecule has 6 nitrogen and oxygen atoms in total. The summed E-state index contributed by atoms with van der Waals surface area (Å²) >= 11 is -1.11. The number of thiophene rings is 1. The number of fused-ring (bicyclic) bond motifs is 1. The number of carbonyl (C=O) groups is 1. The van der Waals surface area contributed by atoms with Gasteiger partial charge in [-0.15, -0.1) is 0 Å². The molecule has 0 spiro atoms. The van der Waals surface area contributed by atoms with Crippen molar-refractivity contribution in [1.29, 1.82) is 0 Å². The van der Waals surface area contributed by atoms with Crippen LogP contribution in [0.4, 0.5) is 0 Å². The summed E-state index contributed by atoms with van der Waals surface area (Å²) in [6.45, 7) is 3.29. The van der Waals surface area contributed by atoms with Crippen LogP contribution in [-0.2, 0) is 21.6 Å². The quantitative estimate of drug-likeness (QED) is 0.475. The Morgan fingerprint density at radius 2 is 2.39 bits per heavy atom. The highest BCUT2D eigenvalue weighted by atomic mass is 32.2. The minimum Gasteiger partial charge on any atom is -0.772 e. The maximum Gasteiger partial charge on any atom is 0.336 e. The maximum absolute atomic E-state index is 11.1. The number of nitrogens with zero attached hydrogens (tertiary/aromatic N) is 2. The second kappa shape index (κ2) is 5.34. The summed E-state index contributed by atoms with van der Waals surface area (Å²) in [5, 5.41) is 0.327. The Balaban J connectivity index is 2.40. The summed E-state index contributed by atoms with van der Waals surface area (Å²) in [5.41, 5.74) is 0.932. The normalized spacial score (nSPS) is 12.3. The van der Waals surface area contributed by atoms with E-state index in [9.17, 15) is 13.6 Å². The molecule has 0 saturated heterocycles. The first-order valence-corrected chi connectivity index (χ1v) is 6.79. The van der Waals surface area contributed by atoms with Gasteiger partial charge in [-0.25, -0.2) is 14.8 Å². The lowest BCUT2D eigenvalue weighted by molar-refractivity contribution is -0.128. The van der Waals surface area contributed by atoms with Gasteiger partial charge in [-0.3, -0.25) is 4.21 Å². The smallest absolute Gasteiger partial charge is 0.336 e. The highest BCUT2D eigenvalue weighted by molar-refractivity contribution is 7.78. The standard InChI is InChI=1S/C10H8N2O4S2/c1-2-8(13)16-9-3-6-10(17-9)7(4-18(14)15)12-5-11-6/h2-3,5H,1,4H2,(H,14,15)/p-1. The molecule has 94 valence electrons. The van der Waals surface area contributed by atoms with Crippen LogP contribution in [0, 0.1) is 0 Å². The van der Waals surface area contributed by atoms with Gasteiger partial charge in [0.2, 0.25) is 0 Å². The number of hydrogen-bond acceptors (Lipinski definition) is 7. The van der Waals surface area contributed by atoms with E-state index in [1.165, 1.54) is 6.33 Å². The largest absolute Gasteiger partial charge is 0.772 e. The zero-order valence-corrected chi connectivity index (χ0v) is 10.6. The molecule has 0 fully saturated rings. The average molecular weight is 283 g/mol.